The minimum atomic E-state index is -1.40. The van der Waals surface area contributed by atoms with Crippen LogP contribution < -0.4 is 0 Å². The van der Waals surface area contributed by atoms with Crippen molar-refractivity contribution < 1.29 is 22.4 Å². The first kappa shape index (κ1) is 13.5. The first-order valence-corrected chi connectivity index (χ1v) is 5.42. The van der Waals surface area contributed by atoms with Gasteiger partial charge in [-0.25, -0.2) is 17.6 Å². The van der Waals surface area contributed by atoms with Crippen molar-refractivity contribution in [1.29, 1.82) is 0 Å². The lowest BCUT2D eigenvalue weighted by molar-refractivity contribution is 0.103. The van der Waals surface area contributed by atoms with Crippen molar-refractivity contribution in [2.45, 2.75) is 0 Å². The number of carbonyl (C=O) groups is 1. The van der Waals surface area contributed by atoms with Gasteiger partial charge in [0.2, 0.25) is 0 Å². The van der Waals surface area contributed by atoms with Crippen molar-refractivity contribution in [2.24, 2.45) is 0 Å². The Hall–Kier alpha value is -1.88. The van der Waals surface area contributed by atoms with Crippen molar-refractivity contribution in [3.8, 4) is 0 Å². The predicted octanol–water partition coefficient (Wildman–Crippen LogP) is 4.13. The zero-order valence-corrected chi connectivity index (χ0v) is 9.94. The summed E-state index contributed by atoms with van der Waals surface area (Å²) in [6.45, 7) is 0. The third kappa shape index (κ3) is 2.61. The summed E-state index contributed by atoms with van der Waals surface area (Å²) in [5.41, 5.74) is -0.875. The highest BCUT2D eigenvalue weighted by Crippen LogP contribution is 2.23. The van der Waals surface area contributed by atoms with Crippen LogP contribution in [0.15, 0.2) is 30.3 Å². The number of carbonyl (C=O) groups excluding carboxylic acids is 1. The molecule has 2 aromatic carbocycles. The lowest BCUT2D eigenvalue weighted by atomic mass is 10.0. The highest BCUT2D eigenvalue weighted by atomic mass is 35.5. The fourth-order valence-electron chi connectivity index (χ4n) is 1.52. The van der Waals surface area contributed by atoms with Gasteiger partial charge in [-0.1, -0.05) is 11.6 Å². The van der Waals surface area contributed by atoms with Crippen molar-refractivity contribution in [3.05, 3.63) is 69.8 Å². The molecule has 0 aromatic heterocycles. The third-order valence-corrected chi connectivity index (χ3v) is 2.74. The number of hydrogen-bond acceptors (Lipinski definition) is 1. The van der Waals surface area contributed by atoms with E-state index in [0.717, 1.165) is 18.2 Å². The second-order valence-electron chi connectivity index (χ2n) is 3.70. The van der Waals surface area contributed by atoms with Gasteiger partial charge in [-0.3, -0.25) is 4.79 Å². The first-order chi connectivity index (χ1) is 8.90. The summed E-state index contributed by atoms with van der Waals surface area (Å²) >= 11 is 5.65. The fraction of sp³-hybridized carbons (Fsp3) is 0. The highest BCUT2D eigenvalue weighted by Gasteiger charge is 2.20. The highest BCUT2D eigenvalue weighted by molar-refractivity contribution is 6.35. The molecule has 19 heavy (non-hydrogen) atoms. The molecule has 6 heteroatoms. The van der Waals surface area contributed by atoms with Gasteiger partial charge >= 0.3 is 0 Å². The molecule has 0 fully saturated rings. The van der Waals surface area contributed by atoms with E-state index in [4.69, 9.17) is 11.6 Å². The first-order valence-electron chi connectivity index (χ1n) is 5.04. The molecular weight excluding hydrogens is 284 g/mol. The molecule has 0 unspecified atom stereocenters. The second-order valence-corrected chi connectivity index (χ2v) is 4.11. The number of ketones is 1. The van der Waals surface area contributed by atoms with E-state index in [1.54, 1.807) is 0 Å². The standard InChI is InChI=1S/C13H5ClF4O/c14-9-3-6(15)1-2-7(9)13(19)8-4-11(17)12(18)5-10(8)16/h1-5H. The van der Waals surface area contributed by atoms with Crippen molar-refractivity contribution in [2.75, 3.05) is 0 Å². The van der Waals surface area contributed by atoms with E-state index in [2.05, 4.69) is 0 Å². The van der Waals surface area contributed by atoms with Crippen LogP contribution in [0.2, 0.25) is 5.02 Å². The smallest absolute Gasteiger partial charge is 0.197 e. The van der Waals surface area contributed by atoms with Crippen LogP contribution >= 0.6 is 11.6 Å². The molecule has 1 nitrogen and oxygen atoms in total. The molecule has 0 spiro atoms. The number of halogens is 5. The average Bonchev–Trinajstić information content (AvgIpc) is 2.33. The molecule has 2 aromatic rings. The zero-order chi connectivity index (χ0) is 14.2. The van der Waals surface area contributed by atoms with Gasteiger partial charge in [-0.05, 0) is 24.3 Å². The molecule has 2 rings (SSSR count). The SMILES string of the molecule is O=C(c1cc(F)c(F)cc1F)c1ccc(F)cc1Cl. The maximum atomic E-state index is 13.4. The molecule has 98 valence electrons. The van der Waals surface area contributed by atoms with Gasteiger partial charge in [-0.15, -0.1) is 0 Å². The topological polar surface area (TPSA) is 17.1 Å². The molecule has 0 heterocycles. The summed E-state index contributed by atoms with van der Waals surface area (Å²) in [7, 11) is 0. The Bertz CT molecular complexity index is 670. The molecule has 0 atom stereocenters. The lowest BCUT2D eigenvalue weighted by Crippen LogP contribution is -2.07. The maximum absolute atomic E-state index is 13.4. The number of hydrogen-bond donors (Lipinski definition) is 0. The van der Waals surface area contributed by atoms with Crippen molar-refractivity contribution >= 4 is 17.4 Å². The summed E-state index contributed by atoms with van der Waals surface area (Å²) in [5.74, 6) is -5.61. The molecule has 0 saturated heterocycles. The summed E-state index contributed by atoms with van der Waals surface area (Å²) in [4.78, 5) is 11.9. The van der Waals surface area contributed by atoms with Crippen LogP contribution in [0.5, 0.6) is 0 Å². The largest absolute Gasteiger partial charge is 0.288 e. The van der Waals surface area contributed by atoms with Gasteiger partial charge in [-0.2, -0.15) is 0 Å². The lowest BCUT2D eigenvalue weighted by Gasteiger charge is -2.05. The van der Waals surface area contributed by atoms with Gasteiger partial charge in [0, 0.05) is 11.6 Å². The molecule has 0 aliphatic carbocycles. The predicted molar refractivity (Wildman–Crippen MR) is 61.2 cm³/mol. The molecule has 0 saturated carbocycles. The Kier molecular flexibility index (Phi) is 3.57. The molecule has 0 aliphatic heterocycles. The van der Waals surface area contributed by atoms with Crippen LogP contribution in [0, 0.1) is 23.3 Å². The normalized spacial score (nSPS) is 10.6. The molecule has 0 bridgehead atoms. The monoisotopic (exact) mass is 288 g/mol. The third-order valence-electron chi connectivity index (χ3n) is 2.43. The van der Waals surface area contributed by atoms with Gasteiger partial charge < -0.3 is 0 Å². The molecule has 0 N–H and O–H groups in total. The van der Waals surface area contributed by atoms with Crippen molar-refractivity contribution in [1.82, 2.24) is 0 Å². The van der Waals surface area contributed by atoms with E-state index >= 15 is 0 Å². The van der Waals surface area contributed by atoms with Crippen LogP contribution in [-0.2, 0) is 0 Å². The van der Waals surface area contributed by atoms with Gasteiger partial charge in [0.05, 0.1) is 10.6 Å². The Morgan fingerprint density at radius 3 is 2.11 bits per heavy atom. The molecule has 0 radical (unpaired) electrons. The fourth-order valence-corrected chi connectivity index (χ4v) is 1.77. The number of benzene rings is 2. The molecular formula is C13H5ClF4O. The zero-order valence-electron chi connectivity index (χ0n) is 9.18. The van der Waals surface area contributed by atoms with E-state index in [0.29, 0.717) is 6.07 Å². The Morgan fingerprint density at radius 1 is 0.842 bits per heavy atom. The number of rotatable bonds is 2. The Balaban J connectivity index is 2.53. The van der Waals surface area contributed by atoms with Gasteiger partial charge in [0.15, 0.2) is 17.4 Å². The summed E-state index contributed by atoms with van der Waals surface area (Å²) in [6.07, 6.45) is 0. The van der Waals surface area contributed by atoms with Gasteiger partial charge in [0.25, 0.3) is 0 Å². The Labute approximate surface area is 110 Å². The minimum absolute atomic E-state index is 0.201. The summed E-state index contributed by atoms with van der Waals surface area (Å²) < 4.78 is 52.0. The Morgan fingerprint density at radius 2 is 1.47 bits per heavy atom. The van der Waals surface area contributed by atoms with Crippen LogP contribution in [0.4, 0.5) is 17.6 Å². The van der Waals surface area contributed by atoms with Crippen LogP contribution in [0.1, 0.15) is 15.9 Å². The van der Waals surface area contributed by atoms with E-state index in [1.807, 2.05) is 0 Å². The summed E-state index contributed by atoms with van der Waals surface area (Å²) in [5, 5.41) is -0.242. The van der Waals surface area contributed by atoms with Crippen LogP contribution in [-0.4, -0.2) is 5.78 Å². The van der Waals surface area contributed by atoms with E-state index < -0.39 is 34.6 Å². The average molecular weight is 289 g/mol. The van der Waals surface area contributed by atoms with E-state index in [1.165, 1.54) is 0 Å². The van der Waals surface area contributed by atoms with E-state index in [-0.39, 0.29) is 16.7 Å². The summed E-state index contributed by atoms with van der Waals surface area (Å²) in [6, 6.07) is 3.57. The second kappa shape index (κ2) is 5.01. The van der Waals surface area contributed by atoms with E-state index in [9.17, 15) is 22.4 Å². The quantitative estimate of drug-likeness (QED) is 0.461. The van der Waals surface area contributed by atoms with Gasteiger partial charge in [0.1, 0.15) is 11.6 Å². The van der Waals surface area contributed by atoms with Crippen LogP contribution in [0.25, 0.3) is 0 Å². The maximum Gasteiger partial charge on any atom is 0.197 e. The molecule has 0 amide bonds. The van der Waals surface area contributed by atoms with Crippen LogP contribution in [0.3, 0.4) is 0 Å². The van der Waals surface area contributed by atoms with Crippen molar-refractivity contribution in [3.63, 3.8) is 0 Å². The molecule has 0 aliphatic rings. The minimum Gasteiger partial charge on any atom is -0.288 e.